The van der Waals surface area contributed by atoms with Gasteiger partial charge in [0, 0.05) is 29.7 Å². The number of halogens is 2. The van der Waals surface area contributed by atoms with Gasteiger partial charge in [-0.2, -0.15) is 0 Å². The monoisotopic (exact) mass is 603 g/mol. The first-order valence-electron chi connectivity index (χ1n) is 11.5. The lowest BCUT2D eigenvalue weighted by molar-refractivity contribution is -0.140. The van der Waals surface area contributed by atoms with Crippen molar-refractivity contribution in [2.75, 3.05) is 13.7 Å². The molecule has 35 heavy (non-hydrogen) atoms. The van der Waals surface area contributed by atoms with Crippen molar-refractivity contribution in [3.63, 3.8) is 0 Å². The number of benzene rings is 1. The van der Waals surface area contributed by atoms with E-state index in [-0.39, 0.29) is 51.7 Å². The first-order valence-corrected chi connectivity index (χ1v) is 13.1. The SMILES string of the molecule is CCCN1C(=O)[C@H]2[C@H](CC=C3[C@H](c4cc(Br)c(O)c(OC)c4)C4=C(C[C@H]32)C(=O)C(Br)=CC4=O)C1=O. The first kappa shape index (κ1) is 24.2. The van der Waals surface area contributed by atoms with Crippen LogP contribution in [0.25, 0.3) is 0 Å². The van der Waals surface area contributed by atoms with Crippen molar-refractivity contribution in [2.45, 2.75) is 32.1 Å². The fourth-order valence-electron chi connectivity index (χ4n) is 6.01. The maximum atomic E-state index is 13.4. The Bertz CT molecular complexity index is 1290. The molecule has 1 saturated heterocycles. The molecule has 3 aliphatic carbocycles. The van der Waals surface area contributed by atoms with Gasteiger partial charge >= 0.3 is 0 Å². The number of likely N-dealkylation sites (tertiary alicyclic amines) is 1. The number of phenols is 1. The third-order valence-corrected chi connectivity index (χ3v) is 8.67. The van der Waals surface area contributed by atoms with Gasteiger partial charge in [-0.1, -0.05) is 18.6 Å². The quantitative estimate of drug-likeness (QED) is 0.312. The van der Waals surface area contributed by atoms with Gasteiger partial charge in [0.05, 0.1) is 27.9 Å². The van der Waals surface area contributed by atoms with E-state index in [9.17, 15) is 24.3 Å². The van der Waals surface area contributed by atoms with E-state index in [4.69, 9.17) is 4.74 Å². The number of hydrogen-bond donors (Lipinski definition) is 1. The summed E-state index contributed by atoms with van der Waals surface area (Å²) < 4.78 is 5.92. The van der Waals surface area contributed by atoms with Crippen LogP contribution >= 0.6 is 31.9 Å². The molecule has 9 heteroatoms. The Morgan fingerprint density at radius 3 is 2.54 bits per heavy atom. The molecule has 1 heterocycles. The number of ether oxygens (including phenoxy) is 1. The van der Waals surface area contributed by atoms with Crippen molar-refractivity contribution in [1.29, 1.82) is 0 Å². The minimum absolute atomic E-state index is 0.0732. The van der Waals surface area contributed by atoms with E-state index in [0.717, 1.165) is 5.57 Å². The molecule has 1 fully saturated rings. The summed E-state index contributed by atoms with van der Waals surface area (Å²) in [7, 11) is 1.43. The van der Waals surface area contributed by atoms with Crippen molar-refractivity contribution < 1.29 is 29.0 Å². The van der Waals surface area contributed by atoms with Crippen LogP contribution in [0.4, 0.5) is 0 Å². The molecule has 1 aromatic carbocycles. The van der Waals surface area contributed by atoms with Gasteiger partial charge in [-0.3, -0.25) is 24.1 Å². The normalized spacial score (nSPS) is 27.9. The minimum atomic E-state index is -0.605. The van der Waals surface area contributed by atoms with E-state index in [1.165, 1.54) is 18.1 Å². The Balaban J connectivity index is 1.70. The number of methoxy groups -OCH3 is 1. The lowest BCUT2D eigenvalue weighted by atomic mass is 9.59. The molecular formula is C26H23Br2NO6. The lowest BCUT2D eigenvalue weighted by Gasteiger charge is -2.42. The number of Topliss-reactive ketones (excluding diaryl/α,β-unsaturated/α-hetero) is 1. The minimum Gasteiger partial charge on any atom is -0.503 e. The molecule has 4 atom stereocenters. The molecule has 0 radical (unpaired) electrons. The van der Waals surface area contributed by atoms with E-state index in [1.54, 1.807) is 12.1 Å². The predicted molar refractivity (Wildman–Crippen MR) is 134 cm³/mol. The number of aromatic hydroxyl groups is 1. The fraction of sp³-hybridized carbons (Fsp3) is 0.385. The second-order valence-electron chi connectivity index (χ2n) is 9.28. The average Bonchev–Trinajstić information content (AvgIpc) is 3.08. The highest BCUT2D eigenvalue weighted by molar-refractivity contribution is 9.12. The number of rotatable bonds is 4. The summed E-state index contributed by atoms with van der Waals surface area (Å²) in [6, 6.07) is 3.36. The van der Waals surface area contributed by atoms with Crippen LogP contribution in [0.3, 0.4) is 0 Å². The zero-order valence-electron chi connectivity index (χ0n) is 19.1. The van der Waals surface area contributed by atoms with E-state index < -0.39 is 17.8 Å². The number of allylic oxidation sites excluding steroid dienone is 6. The maximum Gasteiger partial charge on any atom is 0.233 e. The molecule has 0 bridgehead atoms. The highest BCUT2D eigenvalue weighted by Gasteiger charge is 2.56. The van der Waals surface area contributed by atoms with Crippen molar-refractivity contribution >= 4 is 55.2 Å². The van der Waals surface area contributed by atoms with Crippen LogP contribution in [0.15, 0.2) is 50.0 Å². The van der Waals surface area contributed by atoms with Crippen LogP contribution in [0.2, 0.25) is 0 Å². The van der Waals surface area contributed by atoms with Crippen LogP contribution in [0, 0.1) is 17.8 Å². The van der Waals surface area contributed by atoms with E-state index >= 15 is 0 Å². The van der Waals surface area contributed by atoms with Gasteiger partial charge < -0.3 is 9.84 Å². The average molecular weight is 605 g/mol. The summed E-state index contributed by atoms with van der Waals surface area (Å²) in [6.07, 6.45) is 4.56. The second kappa shape index (κ2) is 8.85. The van der Waals surface area contributed by atoms with E-state index in [2.05, 4.69) is 31.9 Å². The van der Waals surface area contributed by atoms with Gasteiger partial charge in [-0.15, -0.1) is 0 Å². The summed E-state index contributed by atoms with van der Waals surface area (Å²) in [4.78, 5) is 54.3. The highest BCUT2D eigenvalue weighted by atomic mass is 79.9. The van der Waals surface area contributed by atoms with Gasteiger partial charge in [0.2, 0.25) is 11.8 Å². The Morgan fingerprint density at radius 1 is 1.11 bits per heavy atom. The molecular weight excluding hydrogens is 582 g/mol. The van der Waals surface area contributed by atoms with Crippen molar-refractivity contribution in [2.24, 2.45) is 17.8 Å². The summed E-state index contributed by atoms with van der Waals surface area (Å²) in [5.74, 6) is -2.78. The molecule has 1 aromatic rings. The van der Waals surface area contributed by atoms with Crippen LogP contribution in [-0.2, 0) is 19.2 Å². The number of ketones is 2. The van der Waals surface area contributed by atoms with Crippen LogP contribution in [-0.4, -0.2) is 47.0 Å². The van der Waals surface area contributed by atoms with Crippen molar-refractivity contribution in [1.82, 2.24) is 4.90 Å². The second-order valence-corrected chi connectivity index (χ2v) is 11.0. The van der Waals surface area contributed by atoms with Crippen molar-refractivity contribution in [3.05, 3.63) is 55.5 Å². The smallest absolute Gasteiger partial charge is 0.233 e. The maximum absolute atomic E-state index is 13.4. The molecule has 5 rings (SSSR count). The zero-order chi connectivity index (χ0) is 25.2. The standard InChI is InChI=1S/C26H23Br2NO6/c1-3-6-29-25(33)13-5-4-12-14(21(13)26(29)34)9-15-22(18(30)10-17(28)23(15)31)20(12)11-7-16(27)24(32)19(8-11)35-2/h4,7-8,10,13-14,20-21,32H,3,5-6,9H2,1-2H3/t13-,14+,20-,21-/m0/s1. The fourth-order valence-corrected chi connectivity index (χ4v) is 6.92. The molecule has 1 N–H and O–H groups in total. The summed E-state index contributed by atoms with van der Waals surface area (Å²) in [5, 5.41) is 10.4. The molecule has 0 unspecified atom stereocenters. The molecule has 1 aliphatic heterocycles. The predicted octanol–water partition coefficient (Wildman–Crippen LogP) is 4.34. The number of nitrogens with zero attached hydrogens (tertiary/aromatic N) is 1. The lowest BCUT2D eigenvalue weighted by Crippen LogP contribution is -2.39. The van der Waals surface area contributed by atoms with Gasteiger partial charge in [-0.05, 0) is 74.7 Å². The number of amides is 2. The van der Waals surface area contributed by atoms with Crippen LogP contribution in [0.1, 0.15) is 37.7 Å². The first-order chi connectivity index (χ1) is 16.7. The Morgan fingerprint density at radius 2 is 1.86 bits per heavy atom. The Kier molecular flexibility index (Phi) is 6.12. The van der Waals surface area contributed by atoms with Crippen LogP contribution in [0.5, 0.6) is 11.5 Å². The van der Waals surface area contributed by atoms with Crippen LogP contribution < -0.4 is 4.74 Å². The number of hydrogen-bond acceptors (Lipinski definition) is 6. The zero-order valence-corrected chi connectivity index (χ0v) is 22.3. The van der Waals surface area contributed by atoms with Gasteiger partial charge in [0.15, 0.2) is 23.1 Å². The molecule has 0 saturated carbocycles. The summed E-state index contributed by atoms with van der Waals surface area (Å²) >= 11 is 6.59. The van der Waals surface area contributed by atoms with Gasteiger partial charge in [-0.25, -0.2) is 0 Å². The number of carbonyl (C=O) groups is 4. The molecule has 0 spiro atoms. The topological polar surface area (TPSA) is 101 Å². The largest absolute Gasteiger partial charge is 0.503 e. The number of imide groups is 1. The molecule has 0 aromatic heterocycles. The van der Waals surface area contributed by atoms with Crippen molar-refractivity contribution in [3.8, 4) is 11.5 Å². The Labute approximate surface area is 219 Å². The third-order valence-electron chi connectivity index (χ3n) is 7.47. The Hall–Kier alpha value is -2.52. The number of phenolic OH excluding ortho intramolecular Hbond substituents is 1. The number of carbonyl (C=O) groups excluding carboxylic acids is 4. The van der Waals surface area contributed by atoms with Gasteiger partial charge in [0.1, 0.15) is 0 Å². The highest BCUT2D eigenvalue weighted by Crippen LogP contribution is 2.56. The molecule has 7 nitrogen and oxygen atoms in total. The van der Waals surface area contributed by atoms with E-state index in [0.29, 0.717) is 40.6 Å². The van der Waals surface area contributed by atoms with Gasteiger partial charge in [0.25, 0.3) is 0 Å². The third kappa shape index (κ3) is 3.57. The summed E-state index contributed by atoms with van der Waals surface area (Å²) in [6.45, 7) is 2.30. The molecule has 4 aliphatic rings. The summed E-state index contributed by atoms with van der Waals surface area (Å²) in [5.41, 5.74) is 2.26. The number of fused-ring (bicyclic) bond motifs is 3. The molecule has 182 valence electrons. The molecule has 2 amide bonds. The van der Waals surface area contributed by atoms with E-state index in [1.807, 2.05) is 13.0 Å².